The zero-order chi connectivity index (χ0) is 21.1. The Morgan fingerprint density at radius 3 is 2.83 bits per heavy atom. The van der Waals surface area contributed by atoms with Crippen LogP contribution in [0.3, 0.4) is 0 Å². The lowest BCUT2D eigenvalue weighted by atomic mass is 10.2. The zero-order valence-electron chi connectivity index (χ0n) is 16.3. The van der Waals surface area contributed by atoms with Gasteiger partial charge in [0.1, 0.15) is 24.0 Å². The van der Waals surface area contributed by atoms with Crippen LogP contribution in [-0.4, -0.2) is 47.6 Å². The van der Waals surface area contributed by atoms with Crippen LogP contribution >= 0.6 is 15.9 Å². The van der Waals surface area contributed by atoms with Gasteiger partial charge in [0, 0.05) is 28.9 Å². The number of nitrogens with zero attached hydrogens (tertiary/aromatic N) is 3. The van der Waals surface area contributed by atoms with E-state index in [1.165, 1.54) is 13.2 Å². The number of hydrogen-bond donors (Lipinski definition) is 1. The summed E-state index contributed by atoms with van der Waals surface area (Å²) in [5.41, 5.74) is 0.882. The second-order valence-electron chi connectivity index (χ2n) is 6.82. The first-order valence-corrected chi connectivity index (χ1v) is 10.3. The van der Waals surface area contributed by atoms with Crippen LogP contribution in [0.15, 0.2) is 40.9 Å². The summed E-state index contributed by atoms with van der Waals surface area (Å²) < 4.78 is 25.9. The summed E-state index contributed by atoms with van der Waals surface area (Å²) in [4.78, 5) is 22.2. The molecule has 1 saturated heterocycles. The Morgan fingerprint density at radius 2 is 2.10 bits per heavy atom. The lowest BCUT2D eigenvalue weighted by molar-refractivity contribution is -0.128. The Bertz CT molecular complexity index is 1100. The second kappa shape index (κ2) is 8.83. The van der Waals surface area contributed by atoms with Crippen LogP contribution in [0.1, 0.15) is 12.8 Å². The zero-order valence-corrected chi connectivity index (χ0v) is 17.9. The van der Waals surface area contributed by atoms with Crippen molar-refractivity contribution >= 4 is 44.2 Å². The van der Waals surface area contributed by atoms with Crippen molar-refractivity contribution in [3.05, 3.63) is 46.7 Å². The summed E-state index contributed by atoms with van der Waals surface area (Å²) in [6.07, 6.45) is 1.52. The molecule has 9 heteroatoms. The van der Waals surface area contributed by atoms with E-state index in [0.29, 0.717) is 46.5 Å². The van der Waals surface area contributed by atoms with E-state index in [2.05, 4.69) is 31.2 Å². The highest BCUT2D eigenvalue weighted by Crippen LogP contribution is 2.30. The molecule has 0 aliphatic carbocycles. The van der Waals surface area contributed by atoms with E-state index >= 15 is 0 Å². The molecule has 1 aliphatic heterocycles. The number of rotatable bonds is 7. The van der Waals surface area contributed by atoms with E-state index < -0.39 is 5.82 Å². The maximum atomic E-state index is 14.3. The molecular formula is C21H20BrFN4O3. The average molecular weight is 475 g/mol. The standard InChI is InChI=1S/C21H20BrFN4O3/c1-29-21-25-18-12-14(30-10-9-27-8-2-3-19(27)28)5-6-15(18)20(26-21)24-17-7-4-13(22)11-16(17)23/h4-7,11-12H,2-3,8-10H2,1H3,(H,24,25,26). The van der Waals surface area contributed by atoms with Crippen LogP contribution < -0.4 is 14.8 Å². The summed E-state index contributed by atoms with van der Waals surface area (Å²) in [5.74, 6) is 0.806. The SMILES string of the molecule is COc1nc(Nc2ccc(Br)cc2F)c2ccc(OCCN3CCCC3=O)cc2n1. The predicted molar refractivity (Wildman–Crippen MR) is 115 cm³/mol. The number of carbonyl (C=O) groups is 1. The molecule has 156 valence electrons. The summed E-state index contributed by atoms with van der Waals surface area (Å²) in [6, 6.07) is 10.3. The second-order valence-corrected chi connectivity index (χ2v) is 7.74. The van der Waals surface area contributed by atoms with E-state index in [4.69, 9.17) is 9.47 Å². The molecule has 1 aromatic heterocycles. The van der Waals surface area contributed by atoms with E-state index in [1.807, 2.05) is 6.07 Å². The van der Waals surface area contributed by atoms with Crippen molar-refractivity contribution < 1.29 is 18.7 Å². The maximum Gasteiger partial charge on any atom is 0.318 e. The number of fused-ring (bicyclic) bond motifs is 1. The Balaban J connectivity index is 1.56. The first kappa shape index (κ1) is 20.3. The van der Waals surface area contributed by atoms with Crippen molar-refractivity contribution in [3.8, 4) is 11.8 Å². The molecule has 1 fully saturated rings. The smallest absolute Gasteiger partial charge is 0.318 e. The molecule has 30 heavy (non-hydrogen) atoms. The topological polar surface area (TPSA) is 76.6 Å². The van der Waals surface area contributed by atoms with E-state index in [9.17, 15) is 9.18 Å². The summed E-state index contributed by atoms with van der Waals surface area (Å²) in [6.45, 7) is 1.74. The summed E-state index contributed by atoms with van der Waals surface area (Å²) >= 11 is 3.25. The molecule has 2 aromatic carbocycles. The van der Waals surface area contributed by atoms with Crippen LogP contribution in [0.2, 0.25) is 0 Å². The number of ether oxygens (including phenoxy) is 2. The molecule has 7 nitrogen and oxygen atoms in total. The number of halogens is 2. The number of benzene rings is 2. The molecular weight excluding hydrogens is 455 g/mol. The van der Waals surface area contributed by atoms with Gasteiger partial charge in [0.05, 0.1) is 24.9 Å². The number of likely N-dealkylation sites (tertiary alicyclic amines) is 1. The molecule has 0 unspecified atom stereocenters. The Kier molecular flexibility index (Phi) is 5.98. The largest absolute Gasteiger partial charge is 0.492 e. The number of carbonyl (C=O) groups excluding carboxylic acids is 1. The van der Waals surface area contributed by atoms with Gasteiger partial charge >= 0.3 is 6.01 Å². The molecule has 0 spiro atoms. The highest BCUT2D eigenvalue weighted by molar-refractivity contribution is 9.10. The van der Waals surface area contributed by atoms with Gasteiger partial charge in [-0.3, -0.25) is 4.79 Å². The first-order chi connectivity index (χ1) is 14.5. The fraction of sp³-hybridized carbons (Fsp3) is 0.286. The van der Waals surface area contributed by atoms with Gasteiger partial charge in [-0.05, 0) is 36.8 Å². The third-order valence-electron chi connectivity index (χ3n) is 4.82. The minimum absolute atomic E-state index is 0.155. The van der Waals surface area contributed by atoms with Crippen LogP contribution in [0.25, 0.3) is 10.9 Å². The Hall–Kier alpha value is -2.94. The third-order valence-corrected chi connectivity index (χ3v) is 5.31. The molecule has 3 aromatic rings. The van der Waals surface area contributed by atoms with Gasteiger partial charge in [0.25, 0.3) is 0 Å². The number of nitrogens with one attached hydrogen (secondary N) is 1. The molecule has 0 bridgehead atoms. The molecule has 0 radical (unpaired) electrons. The molecule has 0 saturated carbocycles. The number of hydrogen-bond acceptors (Lipinski definition) is 6. The quantitative estimate of drug-likeness (QED) is 0.550. The molecule has 2 heterocycles. The van der Waals surface area contributed by atoms with Crippen LogP contribution in [0, 0.1) is 5.82 Å². The fourth-order valence-electron chi connectivity index (χ4n) is 3.30. The van der Waals surface area contributed by atoms with Crippen molar-refractivity contribution in [1.82, 2.24) is 14.9 Å². The van der Waals surface area contributed by atoms with Gasteiger partial charge in [-0.25, -0.2) is 4.39 Å². The first-order valence-electron chi connectivity index (χ1n) is 9.52. The third kappa shape index (κ3) is 4.46. The van der Waals surface area contributed by atoms with Crippen LogP contribution in [0.5, 0.6) is 11.8 Å². The number of methoxy groups -OCH3 is 1. The maximum absolute atomic E-state index is 14.3. The Labute approximate surface area is 181 Å². The van der Waals surface area contributed by atoms with Crippen LogP contribution in [-0.2, 0) is 4.79 Å². The lowest BCUT2D eigenvalue weighted by Gasteiger charge is -2.16. The molecule has 1 amide bonds. The summed E-state index contributed by atoms with van der Waals surface area (Å²) in [5, 5.41) is 3.70. The van der Waals surface area contributed by atoms with Gasteiger partial charge in [0.15, 0.2) is 0 Å². The van der Waals surface area contributed by atoms with Gasteiger partial charge < -0.3 is 19.7 Å². The number of anilines is 2. The molecule has 0 atom stereocenters. The van der Waals surface area contributed by atoms with Crippen molar-refractivity contribution in [1.29, 1.82) is 0 Å². The highest BCUT2D eigenvalue weighted by Gasteiger charge is 2.19. The molecule has 1 aliphatic rings. The highest BCUT2D eigenvalue weighted by atomic mass is 79.9. The van der Waals surface area contributed by atoms with Gasteiger partial charge in [-0.2, -0.15) is 9.97 Å². The minimum Gasteiger partial charge on any atom is -0.492 e. The van der Waals surface area contributed by atoms with E-state index in [0.717, 1.165) is 13.0 Å². The van der Waals surface area contributed by atoms with E-state index in [-0.39, 0.29) is 17.6 Å². The average Bonchev–Trinajstić information content (AvgIpc) is 3.14. The van der Waals surface area contributed by atoms with Gasteiger partial charge in [-0.15, -0.1) is 0 Å². The normalized spacial score (nSPS) is 13.7. The predicted octanol–water partition coefficient (Wildman–Crippen LogP) is 4.28. The monoisotopic (exact) mass is 474 g/mol. The minimum atomic E-state index is -0.411. The van der Waals surface area contributed by atoms with Gasteiger partial charge in [0.2, 0.25) is 5.91 Å². The molecule has 1 N–H and O–H groups in total. The summed E-state index contributed by atoms with van der Waals surface area (Å²) in [7, 11) is 1.47. The van der Waals surface area contributed by atoms with Crippen molar-refractivity contribution in [2.45, 2.75) is 12.8 Å². The van der Waals surface area contributed by atoms with Crippen LogP contribution in [0.4, 0.5) is 15.9 Å². The Morgan fingerprint density at radius 1 is 1.23 bits per heavy atom. The van der Waals surface area contributed by atoms with Gasteiger partial charge in [-0.1, -0.05) is 15.9 Å². The molecule has 4 rings (SSSR count). The number of aromatic nitrogens is 2. The lowest BCUT2D eigenvalue weighted by Crippen LogP contribution is -2.29. The fourth-order valence-corrected chi connectivity index (χ4v) is 3.63. The van der Waals surface area contributed by atoms with Crippen molar-refractivity contribution in [2.75, 3.05) is 32.1 Å². The van der Waals surface area contributed by atoms with Crippen molar-refractivity contribution in [2.24, 2.45) is 0 Å². The van der Waals surface area contributed by atoms with Crippen molar-refractivity contribution in [3.63, 3.8) is 0 Å². The van der Waals surface area contributed by atoms with E-state index in [1.54, 1.807) is 29.2 Å². The number of amides is 1.